The highest BCUT2D eigenvalue weighted by Crippen LogP contribution is 2.32. The minimum absolute atomic E-state index is 0.191. The summed E-state index contributed by atoms with van der Waals surface area (Å²) in [5.41, 5.74) is -0.169. The van der Waals surface area contributed by atoms with E-state index in [9.17, 15) is 23.3 Å². The minimum Gasteiger partial charge on any atom is -0.477 e. The van der Waals surface area contributed by atoms with Crippen molar-refractivity contribution in [1.82, 2.24) is 4.31 Å². The SMILES string of the molecule is O=C(COc1ccc(S(=O)(=O)N2CCCC2)cc1[N+](=O)[O-])Nc1ccc(Cl)c(Cl)c1. The van der Waals surface area contributed by atoms with E-state index in [0.29, 0.717) is 23.8 Å². The van der Waals surface area contributed by atoms with Crippen LogP contribution in [0.15, 0.2) is 41.3 Å². The van der Waals surface area contributed by atoms with Crippen LogP contribution in [0.2, 0.25) is 10.0 Å². The summed E-state index contributed by atoms with van der Waals surface area (Å²) in [6.07, 6.45) is 1.49. The summed E-state index contributed by atoms with van der Waals surface area (Å²) in [4.78, 5) is 22.5. The normalized spacial score (nSPS) is 14.5. The number of hydrogen-bond donors (Lipinski definition) is 1. The van der Waals surface area contributed by atoms with Gasteiger partial charge >= 0.3 is 5.69 Å². The molecule has 0 aliphatic carbocycles. The van der Waals surface area contributed by atoms with Gasteiger partial charge in [0.15, 0.2) is 12.4 Å². The molecule has 1 amide bonds. The molecule has 9 nitrogen and oxygen atoms in total. The molecule has 0 spiro atoms. The number of anilines is 1. The summed E-state index contributed by atoms with van der Waals surface area (Å²) in [7, 11) is -3.82. The molecule has 0 bridgehead atoms. The van der Waals surface area contributed by atoms with Crippen molar-refractivity contribution >= 4 is 50.5 Å². The molecule has 0 radical (unpaired) electrons. The van der Waals surface area contributed by atoms with E-state index in [1.54, 1.807) is 0 Å². The molecule has 1 saturated heterocycles. The number of nitro groups is 1. The van der Waals surface area contributed by atoms with Crippen molar-refractivity contribution in [2.75, 3.05) is 25.0 Å². The number of ether oxygens (including phenoxy) is 1. The number of halogens is 2. The second-order valence-electron chi connectivity index (χ2n) is 6.46. The van der Waals surface area contributed by atoms with Gasteiger partial charge in [-0.15, -0.1) is 0 Å². The number of rotatable bonds is 7. The highest BCUT2D eigenvalue weighted by molar-refractivity contribution is 7.89. The second kappa shape index (κ2) is 9.17. The number of nitrogens with one attached hydrogen (secondary N) is 1. The molecule has 0 aromatic heterocycles. The number of carbonyl (C=O) groups is 1. The summed E-state index contributed by atoms with van der Waals surface area (Å²) in [6, 6.07) is 7.83. The molecule has 1 N–H and O–H groups in total. The first-order valence-corrected chi connectivity index (χ1v) is 11.0. The van der Waals surface area contributed by atoms with Gasteiger partial charge in [0.05, 0.1) is 19.9 Å². The maximum atomic E-state index is 12.6. The lowest BCUT2D eigenvalue weighted by Crippen LogP contribution is -2.28. The van der Waals surface area contributed by atoms with E-state index >= 15 is 0 Å². The summed E-state index contributed by atoms with van der Waals surface area (Å²) in [5.74, 6) is -0.805. The average Bonchev–Trinajstić information content (AvgIpc) is 3.25. The van der Waals surface area contributed by atoms with Crippen molar-refractivity contribution in [3.05, 3.63) is 56.6 Å². The molecule has 2 aromatic rings. The smallest absolute Gasteiger partial charge is 0.312 e. The lowest BCUT2D eigenvalue weighted by atomic mass is 10.3. The Kier molecular flexibility index (Phi) is 6.81. The second-order valence-corrected chi connectivity index (χ2v) is 9.22. The van der Waals surface area contributed by atoms with Gasteiger partial charge in [0, 0.05) is 24.8 Å². The maximum Gasteiger partial charge on any atom is 0.312 e. The summed E-state index contributed by atoms with van der Waals surface area (Å²) in [5, 5.41) is 14.5. The quantitative estimate of drug-likeness (QED) is 0.483. The van der Waals surface area contributed by atoms with Crippen molar-refractivity contribution in [3.63, 3.8) is 0 Å². The van der Waals surface area contributed by atoms with E-state index in [1.807, 2.05) is 0 Å². The van der Waals surface area contributed by atoms with Crippen molar-refractivity contribution < 1.29 is 22.9 Å². The number of nitrogens with zero attached hydrogens (tertiary/aromatic N) is 2. The number of benzene rings is 2. The summed E-state index contributed by atoms with van der Waals surface area (Å²) < 4.78 is 31.8. The Hall–Kier alpha value is -2.40. The van der Waals surface area contributed by atoms with Gasteiger partial charge in [0.2, 0.25) is 10.0 Å². The standard InChI is InChI=1S/C18H17Cl2N3O6S/c19-14-5-3-12(9-15(14)20)21-18(24)11-29-17-6-4-13(10-16(17)23(25)26)30(27,28)22-7-1-2-8-22/h3-6,9-10H,1-2,7-8,11H2,(H,21,24). The van der Waals surface area contributed by atoms with Crippen molar-refractivity contribution in [1.29, 1.82) is 0 Å². The maximum absolute atomic E-state index is 12.6. The third-order valence-corrected chi connectivity index (χ3v) is 7.03. The molecule has 3 rings (SSSR count). The molecule has 2 aromatic carbocycles. The van der Waals surface area contributed by atoms with Gasteiger partial charge in [0.25, 0.3) is 5.91 Å². The lowest BCUT2D eigenvalue weighted by Gasteiger charge is -2.16. The number of nitro benzene ring substituents is 1. The molecule has 1 heterocycles. The Bertz CT molecular complexity index is 1090. The predicted molar refractivity (Wildman–Crippen MR) is 112 cm³/mol. The van der Waals surface area contributed by atoms with Gasteiger partial charge in [-0.2, -0.15) is 4.31 Å². The first-order chi connectivity index (χ1) is 14.2. The first kappa shape index (κ1) is 22.3. The fourth-order valence-corrected chi connectivity index (χ4v) is 4.75. The van der Waals surface area contributed by atoms with E-state index in [-0.39, 0.29) is 15.7 Å². The molecule has 1 fully saturated rings. The third-order valence-electron chi connectivity index (χ3n) is 4.39. The van der Waals surface area contributed by atoms with Crippen LogP contribution < -0.4 is 10.1 Å². The number of hydrogen-bond acceptors (Lipinski definition) is 6. The average molecular weight is 474 g/mol. The minimum atomic E-state index is -3.82. The number of carbonyl (C=O) groups excluding carboxylic acids is 1. The topological polar surface area (TPSA) is 119 Å². The summed E-state index contributed by atoms with van der Waals surface area (Å²) >= 11 is 11.7. The largest absolute Gasteiger partial charge is 0.477 e. The Labute approximate surface area is 182 Å². The van der Waals surface area contributed by atoms with E-state index in [2.05, 4.69) is 5.32 Å². The van der Waals surface area contributed by atoms with E-state index in [0.717, 1.165) is 18.9 Å². The Morgan fingerprint density at radius 2 is 1.83 bits per heavy atom. The van der Waals surface area contributed by atoms with Crippen LogP contribution in [-0.2, 0) is 14.8 Å². The van der Waals surface area contributed by atoms with Crippen LogP contribution in [0.25, 0.3) is 0 Å². The van der Waals surface area contributed by atoms with Crippen LogP contribution in [0.5, 0.6) is 5.75 Å². The van der Waals surface area contributed by atoms with E-state index in [1.165, 1.54) is 34.6 Å². The first-order valence-electron chi connectivity index (χ1n) is 8.85. The molecular weight excluding hydrogens is 457 g/mol. The molecule has 160 valence electrons. The lowest BCUT2D eigenvalue weighted by molar-refractivity contribution is -0.386. The Balaban J connectivity index is 1.73. The van der Waals surface area contributed by atoms with Gasteiger partial charge in [-0.3, -0.25) is 14.9 Å². The van der Waals surface area contributed by atoms with Crippen LogP contribution >= 0.6 is 23.2 Å². The fraction of sp³-hybridized carbons (Fsp3) is 0.278. The third kappa shape index (κ3) is 5.01. The number of amides is 1. The Morgan fingerprint density at radius 3 is 2.47 bits per heavy atom. The molecule has 30 heavy (non-hydrogen) atoms. The number of sulfonamides is 1. The van der Waals surface area contributed by atoms with Gasteiger partial charge in [-0.1, -0.05) is 23.2 Å². The van der Waals surface area contributed by atoms with Gasteiger partial charge in [0.1, 0.15) is 0 Å². The van der Waals surface area contributed by atoms with Crippen LogP contribution in [0.1, 0.15) is 12.8 Å². The highest BCUT2D eigenvalue weighted by Gasteiger charge is 2.30. The van der Waals surface area contributed by atoms with E-state index < -0.39 is 33.1 Å². The van der Waals surface area contributed by atoms with Crippen LogP contribution in [-0.4, -0.2) is 43.2 Å². The molecule has 1 aliphatic rings. The van der Waals surface area contributed by atoms with Crippen molar-refractivity contribution in [2.45, 2.75) is 17.7 Å². The Morgan fingerprint density at radius 1 is 1.13 bits per heavy atom. The van der Waals surface area contributed by atoms with Gasteiger partial charge in [-0.25, -0.2) is 8.42 Å². The molecule has 0 unspecified atom stereocenters. The highest BCUT2D eigenvalue weighted by atomic mass is 35.5. The molecule has 0 atom stereocenters. The van der Waals surface area contributed by atoms with Gasteiger partial charge < -0.3 is 10.1 Å². The summed E-state index contributed by atoms with van der Waals surface area (Å²) in [6.45, 7) is 0.228. The van der Waals surface area contributed by atoms with Crippen molar-refractivity contribution in [3.8, 4) is 5.75 Å². The van der Waals surface area contributed by atoms with Crippen LogP contribution in [0, 0.1) is 10.1 Å². The van der Waals surface area contributed by atoms with Crippen LogP contribution in [0.3, 0.4) is 0 Å². The fourth-order valence-electron chi connectivity index (χ4n) is 2.91. The van der Waals surface area contributed by atoms with Crippen LogP contribution in [0.4, 0.5) is 11.4 Å². The van der Waals surface area contributed by atoms with E-state index in [4.69, 9.17) is 27.9 Å². The molecule has 12 heteroatoms. The molecule has 0 saturated carbocycles. The zero-order chi connectivity index (χ0) is 21.9. The predicted octanol–water partition coefficient (Wildman–Crippen LogP) is 3.70. The zero-order valence-corrected chi connectivity index (χ0v) is 17.8. The van der Waals surface area contributed by atoms with Gasteiger partial charge in [-0.05, 0) is 43.2 Å². The van der Waals surface area contributed by atoms with Crippen molar-refractivity contribution in [2.24, 2.45) is 0 Å². The molecular formula is C18H17Cl2N3O6S. The monoisotopic (exact) mass is 473 g/mol. The molecule has 1 aliphatic heterocycles. The zero-order valence-electron chi connectivity index (χ0n) is 15.5.